The van der Waals surface area contributed by atoms with Gasteiger partial charge >= 0.3 is 0 Å². The van der Waals surface area contributed by atoms with Crippen molar-refractivity contribution in [1.29, 1.82) is 0 Å². The molecule has 0 bridgehead atoms. The van der Waals surface area contributed by atoms with Gasteiger partial charge in [-0.15, -0.1) is 11.3 Å². The van der Waals surface area contributed by atoms with E-state index in [1.807, 2.05) is 17.0 Å². The standard InChI is InChI=1S/C26H28FNOS/c1-2-3-4-5-6-19-7-9-21(10-8-19)26(29)28-17-15-24-23(16-18-30-24)25(28)20-11-13-22(27)14-12-20/h7-14,16,18,25H,2-6,15,17H2,1H3/t25-/m1/s1. The maximum atomic E-state index is 13.5. The molecule has 0 saturated carbocycles. The molecule has 156 valence electrons. The Kier molecular flexibility index (Phi) is 6.63. The van der Waals surface area contributed by atoms with Crippen LogP contribution in [0.1, 0.15) is 70.6 Å². The van der Waals surface area contributed by atoms with Crippen LogP contribution in [0.5, 0.6) is 0 Å². The zero-order valence-corrected chi connectivity index (χ0v) is 18.3. The van der Waals surface area contributed by atoms with Gasteiger partial charge in [0.15, 0.2) is 0 Å². The predicted octanol–water partition coefficient (Wildman–Crippen LogP) is 6.80. The van der Waals surface area contributed by atoms with Gasteiger partial charge in [-0.3, -0.25) is 4.79 Å². The summed E-state index contributed by atoms with van der Waals surface area (Å²) in [6.45, 7) is 2.90. The summed E-state index contributed by atoms with van der Waals surface area (Å²) < 4.78 is 13.5. The van der Waals surface area contributed by atoms with E-state index in [1.54, 1.807) is 23.5 Å². The van der Waals surface area contributed by atoms with Crippen molar-refractivity contribution in [3.8, 4) is 0 Å². The lowest BCUT2D eigenvalue weighted by atomic mass is 9.92. The Bertz CT molecular complexity index is 977. The predicted molar refractivity (Wildman–Crippen MR) is 122 cm³/mol. The van der Waals surface area contributed by atoms with Crippen LogP contribution in [0, 0.1) is 5.82 Å². The zero-order valence-electron chi connectivity index (χ0n) is 17.4. The number of carbonyl (C=O) groups excluding carboxylic acids is 1. The van der Waals surface area contributed by atoms with E-state index in [4.69, 9.17) is 0 Å². The molecular weight excluding hydrogens is 393 g/mol. The second kappa shape index (κ2) is 9.57. The van der Waals surface area contributed by atoms with E-state index in [0.29, 0.717) is 6.54 Å². The number of hydrogen-bond donors (Lipinski definition) is 0. The van der Waals surface area contributed by atoms with Crippen LogP contribution in [0.15, 0.2) is 60.0 Å². The third-order valence-electron chi connectivity index (χ3n) is 5.93. The maximum absolute atomic E-state index is 13.5. The summed E-state index contributed by atoms with van der Waals surface area (Å²) in [6.07, 6.45) is 6.90. The summed E-state index contributed by atoms with van der Waals surface area (Å²) in [6, 6.07) is 16.6. The number of amides is 1. The molecule has 30 heavy (non-hydrogen) atoms. The second-order valence-electron chi connectivity index (χ2n) is 8.01. The minimum atomic E-state index is -0.257. The fourth-order valence-electron chi connectivity index (χ4n) is 4.28. The van der Waals surface area contributed by atoms with Gasteiger partial charge in [-0.25, -0.2) is 4.39 Å². The SMILES string of the molecule is CCCCCCc1ccc(C(=O)N2CCc3sccc3[C@H]2c2ccc(F)cc2)cc1. The summed E-state index contributed by atoms with van der Waals surface area (Å²) >= 11 is 1.74. The van der Waals surface area contributed by atoms with Gasteiger partial charge in [0.25, 0.3) is 5.91 Å². The largest absolute Gasteiger partial charge is 0.327 e. The number of thiophene rings is 1. The maximum Gasteiger partial charge on any atom is 0.254 e. The summed E-state index contributed by atoms with van der Waals surface area (Å²) in [7, 11) is 0. The molecule has 0 saturated heterocycles. The number of carbonyl (C=O) groups is 1. The van der Waals surface area contributed by atoms with E-state index in [-0.39, 0.29) is 17.8 Å². The monoisotopic (exact) mass is 421 g/mol. The molecule has 1 atom stereocenters. The number of benzene rings is 2. The first-order valence-electron chi connectivity index (χ1n) is 10.9. The lowest BCUT2D eigenvalue weighted by Gasteiger charge is -2.36. The molecule has 2 aromatic carbocycles. The van der Waals surface area contributed by atoms with Crippen molar-refractivity contribution in [2.45, 2.75) is 51.5 Å². The Morgan fingerprint density at radius 3 is 2.53 bits per heavy atom. The van der Waals surface area contributed by atoms with Crippen molar-refractivity contribution in [3.05, 3.63) is 92.9 Å². The van der Waals surface area contributed by atoms with E-state index in [0.717, 1.165) is 24.0 Å². The molecule has 0 unspecified atom stereocenters. The Hall–Kier alpha value is -2.46. The Morgan fingerprint density at radius 2 is 1.80 bits per heavy atom. The highest BCUT2D eigenvalue weighted by molar-refractivity contribution is 7.10. The van der Waals surface area contributed by atoms with Gasteiger partial charge in [-0.05, 0) is 71.7 Å². The lowest BCUT2D eigenvalue weighted by molar-refractivity contribution is 0.0696. The number of hydrogen-bond acceptors (Lipinski definition) is 2. The van der Waals surface area contributed by atoms with Crippen molar-refractivity contribution < 1.29 is 9.18 Å². The number of aryl methyl sites for hydroxylation is 1. The van der Waals surface area contributed by atoms with Crippen molar-refractivity contribution in [2.75, 3.05) is 6.54 Å². The minimum Gasteiger partial charge on any atom is -0.327 e. The summed E-state index contributed by atoms with van der Waals surface area (Å²) in [5, 5.41) is 2.09. The van der Waals surface area contributed by atoms with Gasteiger partial charge in [0.1, 0.15) is 5.82 Å². The topological polar surface area (TPSA) is 20.3 Å². The van der Waals surface area contributed by atoms with Crippen LogP contribution in [0.3, 0.4) is 0 Å². The van der Waals surface area contributed by atoms with Crippen molar-refractivity contribution >= 4 is 17.2 Å². The Balaban J connectivity index is 1.55. The highest BCUT2D eigenvalue weighted by atomic mass is 32.1. The van der Waals surface area contributed by atoms with E-state index in [9.17, 15) is 9.18 Å². The Morgan fingerprint density at radius 1 is 1.03 bits per heavy atom. The van der Waals surface area contributed by atoms with Gasteiger partial charge < -0.3 is 4.90 Å². The van der Waals surface area contributed by atoms with Crippen molar-refractivity contribution in [1.82, 2.24) is 4.90 Å². The molecule has 3 aromatic rings. The molecule has 2 heterocycles. The number of fused-ring (bicyclic) bond motifs is 1. The molecule has 0 N–H and O–H groups in total. The molecule has 0 aliphatic carbocycles. The first-order chi connectivity index (χ1) is 14.7. The first-order valence-corrected chi connectivity index (χ1v) is 11.8. The minimum absolute atomic E-state index is 0.0405. The molecule has 2 nitrogen and oxygen atoms in total. The molecule has 4 rings (SSSR count). The van der Waals surface area contributed by atoms with Crippen LogP contribution in [-0.4, -0.2) is 17.4 Å². The zero-order chi connectivity index (χ0) is 20.9. The van der Waals surface area contributed by atoms with E-state index in [2.05, 4.69) is 30.5 Å². The third-order valence-corrected chi connectivity index (χ3v) is 6.93. The van der Waals surface area contributed by atoms with Crippen molar-refractivity contribution in [2.24, 2.45) is 0 Å². The molecule has 1 aromatic heterocycles. The quantitative estimate of drug-likeness (QED) is 0.384. The van der Waals surface area contributed by atoms with E-state index < -0.39 is 0 Å². The van der Waals surface area contributed by atoms with Crippen LogP contribution in [0.25, 0.3) is 0 Å². The number of unbranched alkanes of at least 4 members (excludes halogenated alkanes) is 3. The van der Waals surface area contributed by atoms with E-state index >= 15 is 0 Å². The summed E-state index contributed by atoms with van der Waals surface area (Å²) in [5.74, 6) is -0.216. The number of rotatable bonds is 7. The van der Waals surface area contributed by atoms with Crippen LogP contribution < -0.4 is 0 Å². The highest BCUT2D eigenvalue weighted by Gasteiger charge is 2.33. The smallest absolute Gasteiger partial charge is 0.254 e. The molecular formula is C26H28FNOS. The molecule has 4 heteroatoms. The van der Waals surface area contributed by atoms with Gasteiger partial charge in [0, 0.05) is 17.0 Å². The van der Waals surface area contributed by atoms with Crippen LogP contribution in [0.4, 0.5) is 4.39 Å². The average molecular weight is 422 g/mol. The first kappa shape index (κ1) is 20.8. The molecule has 1 amide bonds. The normalized spacial score (nSPS) is 15.8. The van der Waals surface area contributed by atoms with Crippen LogP contribution in [-0.2, 0) is 12.8 Å². The number of halogens is 1. The van der Waals surface area contributed by atoms with Gasteiger partial charge in [-0.2, -0.15) is 0 Å². The lowest BCUT2D eigenvalue weighted by Crippen LogP contribution is -2.40. The van der Waals surface area contributed by atoms with Crippen molar-refractivity contribution in [3.63, 3.8) is 0 Å². The molecule has 0 fully saturated rings. The summed E-state index contributed by atoms with van der Waals surface area (Å²) in [5.41, 5.74) is 4.13. The highest BCUT2D eigenvalue weighted by Crippen LogP contribution is 2.38. The molecule has 1 aliphatic heterocycles. The average Bonchev–Trinajstić information content (AvgIpc) is 3.26. The molecule has 0 spiro atoms. The Labute approximate surface area is 182 Å². The summed E-state index contributed by atoms with van der Waals surface area (Å²) in [4.78, 5) is 16.7. The van der Waals surface area contributed by atoms with Crippen LogP contribution >= 0.6 is 11.3 Å². The fraction of sp³-hybridized carbons (Fsp3) is 0.346. The third kappa shape index (κ3) is 4.49. The number of nitrogens with zero attached hydrogens (tertiary/aromatic N) is 1. The van der Waals surface area contributed by atoms with Gasteiger partial charge in [0.2, 0.25) is 0 Å². The molecule has 1 aliphatic rings. The van der Waals surface area contributed by atoms with E-state index in [1.165, 1.54) is 53.8 Å². The van der Waals surface area contributed by atoms with Crippen LogP contribution in [0.2, 0.25) is 0 Å². The van der Waals surface area contributed by atoms with Gasteiger partial charge in [-0.1, -0.05) is 50.5 Å². The molecule has 0 radical (unpaired) electrons. The second-order valence-corrected chi connectivity index (χ2v) is 9.01. The van der Waals surface area contributed by atoms with Gasteiger partial charge in [0.05, 0.1) is 6.04 Å². The fourth-order valence-corrected chi connectivity index (χ4v) is 5.18.